The molecular formula is C13H5N13O2S2. The summed E-state index contributed by atoms with van der Waals surface area (Å²) in [6.07, 6.45) is 3.27. The number of aromatic nitrogens is 13. The van der Waals surface area contributed by atoms with Gasteiger partial charge in [-0.3, -0.25) is 5.10 Å². The highest BCUT2D eigenvalue weighted by atomic mass is 32.1. The number of aromatic amines is 2. The summed E-state index contributed by atoms with van der Waals surface area (Å²) < 4.78 is 18.8. The lowest BCUT2D eigenvalue weighted by Crippen LogP contribution is -1.86. The zero-order valence-electron chi connectivity index (χ0n) is 14.3. The van der Waals surface area contributed by atoms with Crippen molar-refractivity contribution in [3.05, 3.63) is 17.8 Å². The lowest BCUT2D eigenvalue weighted by Gasteiger charge is -1.93. The molecule has 0 amide bonds. The second-order valence-electron chi connectivity index (χ2n) is 5.58. The van der Waals surface area contributed by atoms with Gasteiger partial charge in [-0.1, -0.05) is 4.49 Å². The Morgan fingerprint density at radius 1 is 0.967 bits per heavy atom. The molecule has 6 heterocycles. The van der Waals surface area contributed by atoms with Crippen LogP contribution < -0.4 is 0 Å². The summed E-state index contributed by atoms with van der Waals surface area (Å²) in [4.78, 5) is 5.21. The summed E-state index contributed by atoms with van der Waals surface area (Å²) >= 11 is 2.40. The Bertz CT molecular complexity index is 1410. The molecule has 0 unspecified atom stereocenters. The number of rotatable bonds is 5. The van der Waals surface area contributed by atoms with E-state index in [2.05, 4.69) is 65.1 Å². The SMILES string of the molecule is c1snnc1-c1nnc(-c2onnc2-c2n[nH]c(-c3sncc3-c3cn[nH]n3)n2)o1. The highest BCUT2D eigenvalue weighted by molar-refractivity contribution is 7.10. The Morgan fingerprint density at radius 3 is 2.80 bits per heavy atom. The van der Waals surface area contributed by atoms with Gasteiger partial charge in [-0.2, -0.15) is 24.9 Å². The zero-order chi connectivity index (χ0) is 19.9. The number of nitrogens with zero attached hydrogens (tertiary/aromatic N) is 11. The quantitative estimate of drug-likeness (QED) is 0.390. The van der Waals surface area contributed by atoms with Crippen molar-refractivity contribution in [1.82, 2.24) is 65.1 Å². The highest BCUT2D eigenvalue weighted by Gasteiger charge is 2.25. The molecule has 6 rings (SSSR count). The van der Waals surface area contributed by atoms with Crippen LogP contribution in [0.1, 0.15) is 0 Å². The summed E-state index contributed by atoms with van der Waals surface area (Å²) in [7, 11) is 0. The first-order valence-corrected chi connectivity index (χ1v) is 9.65. The van der Waals surface area contributed by atoms with Gasteiger partial charge in [-0.05, 0) is 23.1 Å². The van der Waals surface area contributed by atoms with Gasteiger partial charge in [0.2, 0.25) is 5.82 Å². The molecule has 6 aromatic rings. The first kappa shape index (κ1) is 16.7. The van der Waals surface area contributed by atoms with Gasteiger partial charge in [0, 0.05) is 16.2 Å². The predicted molar refractivity (Wildman–Crippen MR) is 98.4 cm³/mol. The van der Waals surface area contributed by atoms with E-state index in [1.807, 2.05) is 0 Å². The molecule has 0 fully saturated rings. The van der Waals surface area contributed by atoms with Gasteiger partial charge in [0.25, 0.3) is 17.5 Å². The molecule has 0 saturated heterocycles. The summed E-state index contributed by atoms with van der Waals surface area (Å²) in [6.45, 7) is 0. The van der Waals surface area contributed by atoms with Crippen LogP contribution in [0.2, 0.25) is 0 Å². The molecule has 0 spiro atoms. The van der Waals surface area contributed by atoms with E-state index < -0.39 is 0 Å². The van der Waals surface area contributed by atoms with Gasteiger partial charge in [0.05, 0.1) is 12.4 Å². The van der Waals surface area contributed by atoms with Crippen molar-refractivity contribution in [2.45, 2.75) is 0 Å². The topological polar surface area (TPSA) is 200 Å². The van der Waals surface area contributed by atoms with Crippen LogP contribution in [0.5, 0.6) is 0 Å². The molecule has 17 heteroatoms. The summed E-state index contributed by atoms with van der Waals surface area (Å²) in [5.74, 6) is 1.09. The second-order valence-corrected chi connectivity index (χ2v) is 7.00. The average Bonchev–Trinajstić information content (AvgIpc) is 3.61. The van der Waals surface area contributed by atoms with Gasteiger partial charge >= 0.3 is 0 Å². The molecule has 30 heavy (non-hydrogen) atoms. The summed E-state index contributed by atoms with van der Waals surface area (Å²) in [5.41, 5.74) is 2.08. The van der Waals surface area contributed by atoms with Crippen LogP contribution in [0.4, 0.5) is 0 Å². The lowest BCUT2D eigenvalue weighted by atomic mass is 10.2. The lowest BCUT2D eigenvalue weighted by molar-refractivity contribution is 0.392. The van der Waals surface area contributed by atoms with E-state index in [0.717, 1.165) is 10.4 Å². The number of H-pyrrole nitrogens is 2. The van der Waals surface area contributed by atoms with E-state index in [1.165, 1.54) is 23.1 Å². The van der Waals surface area contributed by atoms with E-state index in [9.17, 15) is 0 Å². The number of hydrogen-bond acceptors (Lipinski definition) is 15. The number of nitrogens with one attached hydrogen (secondary N) is 2. The Kier molecular flexibility index (Phi) is 3.71. The number of hydrogen-bond donors (Lipinski definition) is 2. The Labute approximate surface area is 171 Å². The Morgan fingerprint density at radius 2 is 1.93 bits per heavy atom. The van der Waals surface area contributed by atoms with E-state index in [-0.39, 0.29) is 29.1 Å². The fraction of sp³-hybridized carbons (Fsp3) is 0. The van der Waals surface area contributed by atoms with Gasteiger partial charge in [0.15, 0.2) is 17.2 Å². The maximum Gasteiger partial charge on any atom is 0.289 e. The van der Waals surface area contributed by atoms with Gasteiger partial charge in [-0.15, -0.1) is 20.4 Å². The van der Waals surface area contributed by atoms with Crippen molar-refractivity contribution in [1.29, 1.82) is 0 Å². The van der Waals surface area contributed by atoms with Crippen LogP contribution in [0.3, 0.4) is 0 Å². The summed E-state index contributed by atoms with van der Waals surface area (Å²) in [6, 6.07) is 0. The molecule has 0 radical (unpaired) electrons. The van der Waals surface area contributed by atoms with E-state index >= 15 is 0 Å². The smallest absolute Gasteiger partial charge is 0.289 e. The fourth-order valence-electron chi connectivity index (χ4n) is 2.55. The van der Waals surface area contributed by atoms with Crippen LogP contribution in [-0.2, 0) is 0 Å². The average molecular weight is 439 g/mol. The van der Waals surface area contributed by atoms with Gasteiger partial charge in [0.1, 0.15) is 10.6 Å². The van der Waals surface area contributed by atoms with Crippen molar-refractivity contribution in [3.63, 3.8) is 0 Å². The van der Waals surface area contributed by atoms with Gasteiger partial charge in [-0.25, -0.2) is 4.98 Å². The van der Waals surface area contributed by atoms with Crippen LogP contribution in [-0.4, -0.2) is 65.1 Å². The minimum atomic E-state index is 0.0606. The van der Waals surface area contributed by atoms with Crippen LogP contribution in [0.15, 0.2) is 26.7 Å². The first-order valence-electron chi connectivity index (χ1n) is 8.04. The standard InChI is InChI=1S/C13H5N13O2S2/c1-4(5-2-14-24-17-5)9(30-15-1)11-16-10(20-21-11)7-8(28-25-19-7)13-23-22-12(27-13)6-3-29-26-18-6/h1-3H,(H,14,17,24)(H,16,20,21). The third-order valence-electron chi connectivity index (χ3n) is 3.86. The molecule has 6 aromatic heterocycles. The molecule has 15 nitrogen and oxygen atoms in total. The maximum atomic E-state index is 5.60. The molecule has 0 bridgehead atoms. The van der Waals surface area contributed by atoms with Crippen LogP contribution >= 0.6 is 23.1 Å². The maximum absolute atomic E-state index is 5.60. The predicted octanol–water partition coefficient (Wildman–Crippen LogP) is 1.33. The molecule has 0 saturated carbocycles. The molecule has 0 aliphatic heterocycles. The van der Waals surface area contributed by atoms with Crippen molar-refractivity contribution < 1.29 is 8.94 Å². The van der Waals surface area contributed by atoms with Crippen LogP contribution in [0, 0.1) is 0 Å². The monoisotopic (exact) mass is 439 g/mol. The first-order chi connectivity index (χ1) is 14.9. The van der Waals surface area contributed by atoms with Crippen molar-refractivity contribution in [2.75, 3.05) is 0 Å². The molecule has 0 aliphatic carbocycles. The second kappa shape index (κ2) is 6.67. The fourth-order valence-corrected chi connectivity index (χ4v) is 3.67. The van der Waals surface area contributed by atoms with Crippen molar-refractivity contribution in [3.8, 4) is 56.7 Å². The third kappa shape index (κ3) is 2.68. The van der Waals surface area contributed by atoms with E-state index in [1.54, 1.807) is 17.8 Å². The third-order valence-corrected chi connectivity index (χ3v) is 5.17. The van der Waals surface area contributed by atoms with Crippen molar-refractivity contribution in [2.24, 2.45) is 0 Å². The molecular weight excluding hydrogens is 434 g/mol. The normalized spacial score (nSPS) is 11.3. The molecule has 0 aliphatic rings. The van der Waals surface area contributed by atoms with Gasteiger partial charge < -0.3 is 8.94 Å². The Balaban J connectivity index is 1.36. The zero-order valence-corrected chi connectivity index (χ0v) is 15.9. The highest BCUT2D eigenvalue weighted by Crippen LogP contribution is 2.34. The molecule has 2 N–H and O–H groups in total. The minimum absolute atomic E-state index is 0.0606. The molecule has 0 atom stereocenters. The van der Waals surface area contributed by atoms with E-state index in [0.29, 0.717) is 17.2 Å². The summed E-state index contributed by atoms with van der Waals surface area (Å²) in [5, 5.41) is 38.5. The molecule has 146 valence electrons. The largest absolute Gasteiger partial charge is 0.412 e. The van der Waals surface area contributed by atoms with Crippen molar-refractivity contribution >= 4 is 23.1 Å². The minimum Gasteiger partial charge on any atom is -0.412 e. The Hall–Kier alpha value is -4.25. The molecule has 0 aromatic carbocycles. The van der Waals surface area contributed by atoms with Crippen LogP contribution in [0.25, 0.3) is 56.7 Å². The van der Waals surface area contributed by atoms with E-state index in [4.69, 9.17) is 8.94 Å².